The molecule has 0 amide bonds. The number of rotatable bonds is 5. The minimum absolute atomic E-state index is 0.272. The fourth-order valence-corrected chi connectivity index (χ4v) is 5.83. The minimum Gasteiger partial charge on any atom is -0.423 e. The smallest absolute Gasteiger partial charge is 0.300 e. The van der Waals surface area contributed by atoms with Gasteiger partial charge in [0.05, 0.1) is 24.6 Å². The molecule has 10 nitrogen and oxygen atoms in total. The number of anilines is 3. The lowest BCUT2D eigenvalue weighted by Gasteiger charge is -2.38. The molecule has 2 aromatic carbocycles. The maximum absolute atomic E-state index is 6.39. The highest BCUT2D eigenvalue weighted by molar-refractivity contribution is 5.99. The van der Waals surface area contributed by atoms with Gasteiger partial charge in [0.1, 0.15) is 23.4 Å². The van der Waals surface area contributed by atoms with Crippen LogP contribution in [-0.2, 0) is 4.74 Å². The molecular formula is C28H30N8O2. The number of aromatic nitrogens is 5. The largest absolute Gasteiger partial charge is 0.423 e. The standard InChI is InChI=1S/C28H30N8O2/c29-26-24-25(18-6-11-22-23(16-18)38-28(33-22)32-19-4-2-1-3-5-19)34-36(27(24)31-17-30-26)21-9-7-20(8-10-21)35-12-14-37-15-13-35/h1-6,11,16-17,20-21H,7-10,12-15H2,(H,32,33)(H2,29,30,31). The predicted octanol–water partition coefficient (Wildman–Crippen LogP) is 4.78. The molecule has 2 aliphatic rings. The molecule has 0 spiro atoms. The lowest BCUT2D eigenvalue weighted by atomic mass is 9.90. The van der Waals surface area contributed by atoms with Crippen LogP contribution in [0, 0.1) is 0 Å². The number of nitrogens with two attached hydrogens (primary N) is 1. The molecule has 2 fully saturated rings. The Kier molecular flexibility index (Phi) is 5.90. The molecule has 7 rings (SSSR count). The average Bonchev–Trinajstić information content (AvgIpc) is 3.56. The van der Waals surface area contributed by atoms with Crippen LogP contribution in [-0.4, -0.2) is 62.0 Å². The van der Waals surface area contributed by atoms with Crippen molar-refractivity contribution >= 4 is 39.7 Å². The Hall–Kier alpha value is -4.02. The van der Waals surface area contributed by atoms with E-state index in [-0.39, 0.29) is 6.04 Å². The van der Waals surface area contributed by atoms with E-state index >= 15 is 0 Å². The van der Waals surface area contributed by atoms with Gasteiger partial charge in [-0.05, 0) is 49.9 Å². The zero-order chi connectivity index (χ0) is 25.5. The molecule has 0 unspecified atom stereocenters. The summed E-state index contributed by atoms with van der Waals surface area (Å²) in [7, 11) is 0. The normalized spacial score (nSPS) is 20.7. The van der Waals surface area contributed by atoms with E-state index in [1.54, 1.807) is 0 Å². The first-order chi connectivity index (χ1) is 18.7. The van der Waals surface area contributed by atoms with Crippen LogP contribution in [0.4, 0.5) is 17.5 Å². The van der Waals surface area contributed by atoms with Crippen molar-refractivity contribution in [2.45, 2.75) is 37.8 Å². The SMILES string of the molecule is Nc1ncnc2c1c(-c1ccc3nc(Nc4ccccc4)oc3c1)nn2C1CCC(N2CCOCC2)CC1. The first-order valence-electron chi connectivity index (χ1n) is 13.3. The van der Waals surface area contributed by atoms with Gasteiger partial charge in [-0.3, -0.25) is 4.90 Å². The predicted molar refractivity (Wildman–Crippen MR) is 146 cm³/mol. The zero-order valence-corrected chi connectivity index (χ0v) is 21.1. The number of oxazole rings is 1. The van der Waals surface area contributed by atoms with Gasteiger partial charge in [-0.15, -0.1) is 0 Å². The summed E-state index contributed by atoms with van der Waals surface area (Å²) >= 11 is 0. The molecule has 3 aromatic heterocycles. The Morgan fingerprint density at radius 2 is 1.71 bits per heavy atom. The number of morpholine rings is 1. The van der Waals surface area contributed by atoms with E-state index in [0.29, 0.717) is 23.5 Å². The molecule has 5 aromatic rings. The molecule has 0 bridgehead atoms. The van der Waals surface area contributed by atoms with E-state index in [9.17, 15) is 0 Å². The summed E-state index contributed by atoms with van der Waals surface area (Å²) in [4.78, 5) is 16.1. The third kappa shape index (κ3) is 4.25. The molecule has 4 heterocycles. The van der Waals surface area contributed by atoms with Gasteiger partial charge in [0.15, 0.2) is 11.2 Å². The average molecular weight is 511 g/mol. The summed E-state index contributed by atoms with van der Waals surface area (Å²) in [6.45, 7) is 3.73. The maximum Gasteiger partial charge on any atom is 0.300 e. The number of ether oxygens (including phenoxy) is 1. The van der Waals surface area contributed by atoms with E-state index < -0.39 is 0 Å². The Bertz CT molecular complexity index is 1570. The molecule has 0 radical (unpaired) electrons. The van der Waals surface area contributed by atoms with Crippen molar-refractivity contribution in [3.05, 3.63) is 54.9 Å². The highest BCUT2D eigenvalue weighted by Crippen LogP contribution is 2.38. The second-order valence-corrected chi connectivity index (χ2v) is 10.1. The summed E-state index contributed by atoms with van der Waals surface area (Å²) in [6, 6.07) is 17.1. The summed E-state index contributed by atoms with van der Waals surface area (Å²) < 4.78 is 13.7. The number of hydrogen-bond donors (Lipinski definition) is 2. The number of nitrogen functional groups attached to an aromatic ring is 1. The summed E-state index contributed by atoms with van der Waals surface area (Å²) in [5.41, 5.74) is 11.2. The van der Waals surface area contributed by atoms with Gasteiger partial charge < -0.3 is 20.2 Å². The number of benzene rings is 2. The fraction of sp³-hybridized carbons (Fsp3) is 0.357. The van der Waals surface area contributed by atoms with E-state index in [4.69, 9.17) is 20.0 Å². The monoisotopic (exact) mass is 510 g/mol. The third-order valence-electron chi connectivity index (χ3n) is 7.78. The lowest BCUT2D eigenvalue weighted by Crippen LogP contribution is -2.45. The maximum atomic E-state index is 6.39. The topological polar surface area (TPSA) is 120 Å². The van der Waals surface area contributed by atoms with Gasteiger partial charge in [0, 0.05) is 30.4 Å². The van der Waals surface area contributed by atoms with Crippen molar-refractivity contribution in [2.75, 3.05) is 37.4 Å². The van der Waals surface area contributed by atoms with Crippen molar-refractivity contribution in [3.63, 3.8) is 0 Å². The van der Waals surface area contributed by atoms with Gasteiger partial charge in [0.25, 0.3) is 6.01 Å². The van der Waals surface area contributed by atoms with Gasteiger partial charge in [-0.2, -0.15) is 10.1 Å². The molecule has 10 heteroatoms. The Labute approximate surface area is 219 Å². The van der Waals surface area contributed by atoms with Gasteiger partial charge in [-0.1, -0.05) is 24.3 Å². The second-order valence-electron chi connectivity index (χ2n) is 10.1. The first-order valence-corrected chi connectivity index (χ1v) is 13.3. The number of hydrogen-bond acceptors (Lipinski definition) is 9. The van der Waals surface area contributed by atoms with Crippen LogP contribution in [0.25, 0.3) is 33.4 Å². The molecule has 1 saturated heterocycles. The molecule has 1 saturated carbocycles. The second kappa shape index (κ2) is 9.70. The third-order valence-corrected chi connectivity index (χ3v) is 7.78. The highest BCUT2D eigenvalue weighted by atomic mass is 16.5. The Morgan fingerprint density at radius 3 is 2.53 bits per heavy atom. The van der Waals surface area contributed by atoms with Crippen LogP contribution < -0.4 is 11.1 Å². The van der Waals surface area contributed by atoms with E-state index in [2.05, 4.69) is 29.9 Å². The van der Waals surface area contributed by atoms with Crippen LogP contribution in [0.15, 0.2) is 59.3 Å². The van der Waals surface area contributed by atoms with Crippen LogP contribution in [0.3, 0.4) is 0 Å². The number of para-hydroxylation sites is 1. The fourth-order valence-electron chi connectivity index (χ4n) is 5.83. The summed E-state index contributed by atoms with van der Waals surface area (Å²) in [6.07, 6.45) is 5.92. The number of nitrogens with one attached hydrogen (secondary N) is 1. The Balaban J connectivity index is 1.19. The zero-order valence-electron chi connectivity index (χ0n) is 21.1. The van der Waals surface area contributed by atoms with Crippen molar-refractivity contribution in [2.24, 2.45) is 0 Å². The van der Waals surface area contributed by atoms with Gasteiger partial charge in [0.2, 0.25) is 0 Å². The number of fused-ring (bicyclic) bond motifs is 2. The van der Waals surface area contributed by atoms with Crippen LogP contribution >= 0.6 is 0 Å². The molecule has 3 N–H and O–H groups in total. The van der Waals surface area contributed by atoms with Crippen LogP contribution in [0.5, 0.6) is 0 Å². The summed E-state index contributed by atoms with van der Waals surface area (Å²) in [5, 5.41) is 9.09. The van der Waals surface area contributed by atoms with E-state index in [1.807, 2.05) is 48.5 Å². The van der Waals surface area contributed by atoms with Crippen molar-refractivity contribution in [3.8, 4) is 11.3 Å². The quantitative estimate of drug-likeness (QED) is 0.344. The molecule has 194 valence electrons. The molecule has 1 aliphatic carbocycles. The molecule has 38 heavy (non-hydrogen) atoms. The summed E-state index contributed by atoms with van der Waals surface area (Å²) in [5.74, 6) is 0.433. The van der Waals surface area contributed by atoms with E-state index in [1.165, 1.54) is 6.33 Å². The van der Waals surface area contributed by atoms with Crippen molar-refractivity contribution in [1.82, 2.24) is 29.6 Å². The highest BCUT2D eigenvalue weighted by Gasteiger charge is 2.30. The van der Waals surface area contributed by atoms with Crippen LogP contribution in [0.2, 0.25) is 0 Å². The number of nitrogens with zero attached hydrogens (tertiary/aromatic N) is 6. The minimum atomic E-state index is 0.272. The molecule has 1 aliphatic heterocycles. The van der Waals surface area contributed by atoms with Crippen LogP contribution in [0.1, 0.15) is 31.7 Å². The van der Waals surface area contributed by atoms with E-state index in [0.717, 1.165) is 85.5 Å². The van der Waals surface area contributed by atoms with Crippen molar-refractivity contribution in [1.29, 1.82) is 0 Å². The Morgan fingerprint density at radius 1 is 0.921 bits per heavy atom. The molecule has 0 atom stereocenters. The van der Waals surface area contributed by atoms with Gasteiger partial charge in [-0.25, -0.2) is 14.6 Å². The van der Waals surface area contributed by atoms with Crippen molar-refractivity contribution < 1.29 is 9.15 Å². The molecular weight excluding hydrogens is 480 g/mol. The van der Waals surface area contributed by atoms with Gasteiger partial charge >= 0.3 is 0 Å². The first kappa shape index (κ1) is 23.1. The lowest BCUT2D eigenvalue weighted by molar-refractivity contribution is 0.00520.